The van der Waals surface area contributed by atoms with E-state index in [4.69, 9.17) is 14.5 Å². The fourth-order valence-electron chi connectivity index (χ4n) is 3.89. The van der Waals surface area contributed by atoms with E-state index in [2.05, 4.69) is 21.9 Å². The predicted molar refractivity (Wildman–Crippen MR) is 139 cm³/mol. The second-order valence-corrected chi connectivity index (χ2v) is 8.59. The molecule has 0 saturated carbocycles. The highest BCUT2D eigenvalue weighted by Crippen LogP contribution is 2.24. The van der Waals surface area contributed by atoms with Crippen molar-refractivity contribution in [2.45, 2.75) is 32.9 Å². The van der Waals surface area contributed by atoms with Crippen molar-refractivity contribution in [1.29, 1.82) is 0 Å². The van der Waals surface area contributed by atoms with Gasteiger partial charge in [-0.1, -0.05) is 37.6 Å². The number of anilines is 1. The number of carbonyl (C=O) groups excluding carboxylic acids is 1. The van der Waals surface area contributed by atoms with Crippen LogP contribution in [0.3, 0.4) is 0 Å². The monoisotopic (exact) mass is 488 g/mol. The molecule has 9 heteroatoms. The highest BCUT2D eigenvalue weighted by atomic mass is 16.5. The molecule has 0 radical (unpaired) electrons. The highest BCUT2D eigenvalue weighted by molar-refractivity contribution is 5.91. The topological polar surface area (TPSA) is 85.1 Å². The number of hydrogen-bond donors (Lipinski definition) is 0. The smallest absolute Gasteiger partial charge is 0.293 e. The average molecular weight is 489 g/mol. The molecule has 9 nitrogen and oxygen atoms in total. The maximum atomic E-state index is 13.2. The van der Waals surface area contributed by atoms with Crippen LogP contribution < -0.4 is 14.4 Å². The van der Waals surface area contributed by atoms with E-state index >= 15 is 0 Å². The van der Waals surface area contributed by atoms with Crippen molar-refractivity contribution in [3.05, 3.63) is 77.9 Å². The van der Waals surface area contributed by atoms with Crippen molar-refractivity contribution in [2.75, 3.05) is 32.7 Å². The molecule has 0 unspecified atom stereocenters. The maximum Gasteiger partial charge on any atom is 0.293 e. The van der Waals surface area contributed by atoms with E-state index in [0.29, 0.717) is 31.1 Å². The van der Waals surface area contributed by atoms with Gasteiger partial charge in [-0.3, -0.25) is 4.79 Å². The fourth-order valence-corrected chi connectivity index (χ4v) is 3.89. The zero-order valence-electron chi connectivity index (χ0n) is 21.2. The minimum atomic E-state index is -0.214. The highest BCUT2D eigenvalue weighted by Gasteiger charge is 2.22. The number of benzene rings is 2. The number of rotatable bonds is 11. The maximum absolute atomic E-state index is 13.2. The van der Waals surface area contributed by atoms with Crippen LogP contribution in [0.15, 0.2) is 60.9 Å². The number of hydrogen-bond acceptors (Lipinski definition) is 7. The molecule has 0 spiro atoms. The summed E-state index contributed by atoms with van der Waals surface area (Å²) in [5.74, 6) is 2.11. The van der Waals surface area contributed by atoms with Gasteiger partial charge in [0, 0.05) is 39.1 Å². The molecule has 0 aliphatic rings. The van der Waals surface area contributed by atoms with E-state index in [0.717, 1.165) is 35.5 Å². The Morgan fingerprint density at radius 3 is 2.06 bits per heavy atom. The molecule has 188 valence electrons. The van der Waals surface area contributed by atoms with Crippen LogP contribution in [0.4, 0.5) is 5.82 Å². The van der Waals surface area contributed by atoms with Crippen LogP contribution >= 0.6 is 0 Å². The SMILES string of the molecule is CCCCN(C)C(=O)c1nc(N(Cc2ccc(OC)cc2)Cc2ccc(OC)cc2)c2nccn2n1. The molecular formula is C27H32N6O3. The Hall–Kier alpha value is -4.14. The second kappa shape index (κ2) is 11.5. The number of nitrogens with zero attached hydrogens (tertiary/aromatic N) is 6. The largest absolute Gasteiger partial charge is 0.497 e. The Labute approximate surface area is 211 Å². The molecule has 0 aliphatic heterocycles. The molecule has 0 fully saturated rings. The van der Waals surface area contributed by atoms with Crippen molar-refractivity contribution < 1.29 is 14.3 Å². The summed E-state index contributed by atoms with van der Waals surface area (Å²) in [5, 5.41) is 4.46. The molecular weight excluding hydrogens is 456 g/mol. The van der Waals surface area contributed by atoms with Gasteiger partial charge in [0.15, 0.2) is 11.5 Å². The van der Waals surface area contributed by atoms with Crippen LogP contribution in [-0.2, 0) is 13.1 Å². The summed E-state index contributed by atoms with van der Waals surface area (Å²) in [6.07, 6.45) is 5.33. The van der Waals surface area contributed by atoms with Crippen LogP contribution in [0, 0.1) is 0 Å². The van der Waals surface area contributed by atoms with Gasteiger partial charge in [0.1, 0.15) is 11.5 Å². The lowest BCUT2D eigenvalue weighted by Gasteiger charge is -2.25. The Bertz CT molecular complexity index is 1240. The third kappa shape index (κ3) is 5.73. The summed E-state index contributed by atoms with van der Waals surface area (Å²) in [5.41, 5.74) is 2.73. The second-order valence-electron chi connectivity index (χ2n) is 8.59. The van der Waals surface area contributed by atoms with Gasteiger partial charge in [-0.05, 0) is 41.8 Å². The number of amides is 1. The van der Waals surface area contributed by atoms with E-state index in [1.807, 2.05) is 48.5 Å². The molecule has 0 atom stereocenters. The number of methoxy groups -OCH3 is 2. The first kappa shape index (κ1) is 25.0. The van der Waals surface area contributed by atoms with E-state index in [1.54, 1.807) is 43.1 Å². The normalized spacial score (nSPS) is 10.9. The van der Waals surface area contributed by atoms with E-state index < -0.39 is 0 Å². The van der Waals surface area contributed by atoms with E-state index in [1.165, 1.54) is 0 Å². The van der Waals surface area contributed by atoms with Crippen molar-refractivity contribution in [3.8, 4) is 11.5 Å². The molecule has 0 aliphatic carbocycles. The summed E-state index contributed by atoms with van der Waals surface area (Å²) in [6, 6.07) is 15.8. The summed E-state index contributed by atoms with van der Waals surface area (Å²) in [4.78, 5) is 26.2. The summed E-state index contributed by atoms with van der Waals surface area (Å²) in [6.45, 7) is 3.85. The summed E-state index contributed by atoms with van der Waals surface area (Å²) in [7, 11) is 5.08. The first-order valence-electron chi connectivity index (χ1n) is 12.0. The number of carbonyl (C=O) groups is 1. The standard InChI is InChI=1S/C27H32N6O3/c1-5-6-16-31(2)27(34)24-29-26(25-28-15-17-33(25)30-24)32(18-20-7-11-22(35-3)12-8-20)19-21-9-13-23(36-4)14-10-21/h7-15,17H,5-6,16,18-19H2,1-4H3. The molecule has 2 heterocycles. The number of aromatic nitrogens is 4. The lowest BCUT2D eigenvalue weighted by Crippen LogP contribution is -2.31. The minimum absolute atomic E-state index is 0.142. The number of fused-ring (bicyclic) bond motifs is 1. The summed E-state index contributed by atoms with van der Waals surface area (Å²) >= 11 is 0. The Morgan fingerprint density at radius 2 is 1.53 bits per heavy atom. The van der Waals surface area contributed by atoms with Crippen molar-refractivity contribution >= 4 is 17.4 Å². The molecule has 36 heavy (non-hydrogen) atoms. The van der Waals surface area contributed by atoms with Gasteiger partial charge in [-0.25, -0.2) is 14.5 Å². The van der Waals surface area contributed by atoms with Gasteiger partial charge in [0.05, 0.1) is 14.2 Å². The first-order valence-corrected chi connectivity index (χ1v) is 12.0. The van der Waals surface area contributed by atoms with Crippen LogP contribution in [0.2, 0.25) is 0 Å². The Kier molecular flexibility index (Phi) is 7.99. The fraction of sp³-hybridized carbons (Fsp3) is 0.333. The average Bonchev–Trinajstić information content (AvgIpc) is 3.40. The van der Waals surface area contributed by atoms with Crippen LogP contribution in [0.25, 0.3) is 5.65 Å². The molecule has 4 rings (SSSR count). The van der Waals surface area contributed by atoms with Gasteiger partial charge in [-0.2, -0.15) is 0 Å². The molecule has 0 N–H and O–H groups in total. The van der Waals surface area contributed by atoms with Gasteiger partial charge in [-0.15, -0.1) is 5.10 Å². The molecule has 2 aromatic carbocycles. The van der Waals surface area contributed by atoms with E-state index in [9.17, 15) is 4.79 Å². The zero-order chi connectivity index (χ0) is 25.5. The van der Waals surface area contributed by atoms with Crippen LogP contribution in [0.1, 0.15) is 41.5 Å². The molecule has 1 amide bonds. The van der Waals surface area contributed by atoms with Crippen LogP contribution in [0.5, 0.6) is 11.5 Å². The predicted octanol–water partition coefficient (Wildman–Crippen LogP) is 4.22. The number of unbranched alkanes of at least 4 members (excludes halogenated alkanes) is 1. The van der Waals surface area contributed by atoms with Crippen molar-refractivity contribution in [1.82, 2.24) is 24.5 Å². The van der Waals surface area contributed by atoms with Gasteiger partial charge in [0.2, 0.25) is 5.82 Å². The zero-order valence-corrected chi connectivity index (χ0v) is 21.2. The van der Waals surface area contributed by atoms with Crippen molar-refractivity contribution in [3.63, 3.8) is 0 Å². The molecule has 4 aromatic rings. The Morgan fingerprint density at radius 1 is 0.944 bits per heavy atom. The summed E-state index contributed by atoms with van der Waals surface area (Å²) < 4.78 is 12.3. The third-order valence-corrected chi connectivity index (χ3v) is 5.99. The Balaban J connectivity index is 1.74. The lowest BCUT2D eigenvalue weighted by molar-refractivity contribution is 0.0779. The molecule has 2 aromatic heterocycles. The van der Waals surface area contributed by atoms with Gasteiger partial charge >= 0.3 is 0 Å². The first-order chi connectivity index (χ1) is 17.5. The third-order valence-electron chi connectivity index (χ3n) is 5.99. The lowest BCUT2D eigenvalue weighted by atomic mass is 10.1. The quantitative estimate of drug-likeness (QED) is 0.312. The number of imidazole rings is 1. The van der Waals surface area contributed by atoms with Crippen LogP contribution in [-0.4, -0.2) is 58.2 Å². The van der Waals surface area contributed by atoms with E-state index in [-0.39, 0.29) is 11.7 Å². The van der Waals surface area contributed by atoms with Crippen molar-refractivity contribution in [2.24, 2.45) is 0 Å². The minimum Gasteiger partial charge on any atom is -0.497 e. The van der Waals surface area contributed by atoms with Gasteiger partial charge in [0.25, 0.3) is 5.91 Å². The number of ether oxygens (including phenoxy) is 2. The molecule has 0 saturated heterocycles. The molecule has 0 bridgehead atoms. The van der Waals surface area contributed by atoms with Gasteiger partial charge < -0.3 is 19.3 Å².